The van der Waals surface area contributed by atoms with Gasteiger partial charge in [0.1, 0.15) is 11.8 Å². The summed E-state index contributed by atoms with van der Waals surface area (Å²) in [5, 5.41) is 16.5. The van der Waals surface area contributed by atoms with Crippen LogP contribution in [0.15, 0.2) is 0 Å². The standard InChI is InChI=1S/C13H22N2O3/c1-11(2,13-9(14-13)15-13)10(16)18-8-5-4-6-12(3,17)7-8/h8-9,14-15,17H,4-7H2,1-3H3. The SMILES string of the molecule is CC1(O)CCCC(OC(=O)C(C)(C)C23NC2N3)C1. The van der Waals surface area contributed by atoms with E-state index in [9.17, 15) is 9.90 Å². The Bertz CT molecular complexity index is 386. The third-order valence-corrected chi connectivity index (χ3v) is 4.69. The zero-order valence-electron chi connectivity index (χ0n) is 11.2. The van der Waals surface area contributed by atoms with Crippen LogP contribution in [0, 0.1) is 5.41 Å². The molecule has 0 radical (unpaired) electrons. The maximum Gasteiger partial charge on any atom is 0.315 e. The molecular formula is C13H22N2O3. The Morgan fingerprint density at radius 1 is 1.44 bits per heavy atom. The van der Waals surface area contributed by atoms with Crippen molar-refractivity contribution in [3.63, 3.8) is 0 Å². The Kier molecular flexibility index (Phi) is 2.38. The Balaban J connectivity index is 1.61. The van der Waals surface area contributed by atoms with E-state index in [0.717, 1.165) is 19.3 Å². The number of ether oxygens (including phenoxy) is 1. The van der Waals surface area contributed by atoms with Gasteiger partial charge in [-0.2, -0.15) is 0 Å². The lowest BCUT2D eigenvalue weighted by Gasteiger charge is -2.35. The van der Waals surface area contributed by atoms with Gasteiger partial charge in [0.25, 0.3) is 0 Å². The smallest absolute Gasteiger partial charge is 0.315 e. The lowest BCUT2D eigenvalue weighted by molar-refractivity contribution is -0.166. The van der Waals surface area contributed by atoms with Gasteiger partial charge in [-0.25, -0.2) is 0 Å². The van der Waals surface area contributed by atoms with Crippen molar-refractivity contribution in [3.05, 3.63) is 0 Å². The maximum atomic E-state index is 12.3. The minimum Gasteiger partial charge on any atom is -0.462 e. The van der Waals surface area contributed by atoms with Crippen LogP contribution < -0.4 is 10.6 Å². The lowest BCUT2D eigenvalue weighted by atomic mass is 9.84. The van der Waals surface area contributed by atoms with Crippen LogP contribution in [0.1, 0.15) is 46.5 Å². The molecule has 0 bridgehead atoms. The van der Waals surface area contributed by atoms with Crippen LogP contribution >= 0.6 is 0 Å². The van der Waals surface area contributed by atoms with Crippen molar-refractivity contribution < 1.29 is 14.6 Å². The van der Waals surface area contributed by atoms with Gasteiger partial charge in [0.05, 0.1) is 17.2 Å². The van der Waals surface area contributed by atoms with Crippen LogP contribution in [0.3, 0.4) is 0 Å². The first-order chi connectivity index (χ1) is 8.27. The zero-order chi connectivity index (χ0) is 13.2. The predicted molar refractivity (Wildman–Crippen MR) is 65.5 cm³/mol. The third kappa shape index (κ3) is 1.76. The van der Waals surface area contributed by atoms with Gasteiger partial charge in [-0.1, -0.05) is 0 Å². The average Bonchev–Trinajstić information content (AvgIpc) is 3.02. The number of carbonyl (C=O) groups excluding carboxylic acids is 1. The van der Waals surface area contributed by atoms with Gasteiger partial charge >= 0.3 is 5.97 Å². The van der Waals surface area contributed by atoms with E-state index in [4.69, 9.17) is 4.74 Å². The molecule has 2 unspecified atom stereocenters. The number of carbonyl (C=O) groups is 1. The van der Waals surface area contributed by atoms with E-state index in [-0.39, 0.29) is 23.9 Å². The van der Waals surface area contributed by atoms with Crippen molar-refractivity contribution in [2.24, 2.45) is 5.41 Å². The summed E-state index contributed by atoms with van der Waals surface area (Å²) >= 11 is 0. The molecule has 0 aromatic carbocycles. The van der Waals surface area contributed by atoms with Crippen LogP contribution in [-0.4, -0.2) is 34.6 Å². The summed E-state index contributed by atoms with van der Waals surface area (Å²) in [4.78, 5) is 12.3. The number of hydrogen-bond acceptors (Lipinski definition) is 5. The van der Waals surface area contributed by atoms with Crippen molar-refractivity contribution in [2.45, 2.75) is 70.0 Å². The second kappa shape index (κ2) is 3.46. The molecule has 3 aliphatic rings. The first-order valence-corrected chi connectivity index (χ1v) is 6.76. The van der Waals surface area contributed by atoms with Gasteiger partial charge in [-0.3, -0.25) is 15.4 Å². The van der Waals surface area contributed by atoms with Gasteiger partial charge in [0.2, 0.25) is 0 Å². The van der Waals surface area contributed by atoms with Crippen molar-refractivity contribution in [3.8, 4) is 0 Å². The maximum absolute atomic E-state index is 12.3. The molecule has 3 fully saturated rings. The Morgan fingerprint density at radius 3 is 2.56 bits per heavy atom. The summed E-state index contributed by atoms with van der Waals surface area (Å²) in [5.74, 6) is -0.176. The number of aliphatic hydroxyl groups is 1. The molecule has 1 aliphatic carbocycles. The van der Waals surface area contributed by atoms with Crippen molar-refractivity contribution >= 4 is 5.97 Å². The average molecular weight is 254 g/mol. The Morgan fingerprint density at radius 2 is 2.06 bits per heavy atom. The van der Waals surface area contributed by atoms with E-state index in [1.165, 1.54) is 0 Å². The van der Waals surface area contributed by atoms with Gasteiger partial charge in [-0.05, 0) is 40.0 Å². The fourth-order valence-corrected chi connectivity index (χ4v) is 3.06. The molecule has 1 saturated carbocycles. The molecule has 0 aromatic rings. The van der Waals surface area contributed by atoms with Crippen LogP contribution in [0.25, 0.3) is 0 Å². The van der Waals surface area contributed by atoms with E-state index >= 15 is 0 Å². The molecule has 0 aromatic heterocycles. The van der Waals surface area contributed by atoms with Gasteiger partial charge in [0, 0.05) is 6.42 Å². The Hall–Kier alpha value is -0.650. The fraction of sp³-hybridized carbons (Fsp3) is 0.923. The zero-order valence-corrected chi connectivity index (χ0v) is 11.2. The molecule has 0 spiro atoms. The second-order valence-electron chi connectivity index (χ2n) is 6.78. The molecule has 0 amide bonds. The van der Waals surface area contributed by atoms with Crippen LogP contribution in [0.4, 0.5) is 0 Å². The number of nitrogens with one attached hydrogen (secondary N) is 2. The van der Waals surface area contributed by atoms with E-state index in [1.807, 2.05) is 20.8 Å². The third-order valence-electron chi connectivity index (χ3n) is 4.69. The monoisotopic (exact) mass is 254 g/mol. The molecule has 18 heavy (non-hydrogen) atoms. The summed E-state index contributed by atoms with van der Waals surface area (Å²) in [7, 11) is 0. The number of fused-ring (bicyclic) bond motifs is 1. The van der Waals surface area contributed by atoms with E-state index in [1.54, 1.807) is 0 Å². The molecule has 2 heterocycles. The lowest BCUT2D eigenvalue weighted by Crippen LogP contribution is -2.46. The normalized spacial score (nSPS) is 46.2. The predicted octanol–water partition coefficient (Wildman–Crippen LogP) is 0.478. The van der Waals surface area contributed by atoms with Gasteiger partial charge in [-0.15, -0.1) is 0 Å². The summed E-state index contributed by atoms with van der Waals surface area (Å²) in [6, 6.07) is 0. The van der Waals surface area contributed by atoms with Gasteiger partial charge < -0.3 is 9.84 Å². The fourth-order valence-electron chi connectivity index (χ4n) is 3.06. The van der Waals surface area contributed by atoms with Gasteiger partial charge in [0.15, 0.2) is 0 Å². The molecule has 3 N–H and O–H groups in total. The quantitative estimate of drug-likeness (QED) is 0.503. The molecular weight excluding hydrogens is 232 g/mol. The number of rotatable bonds is 3. The molecule has 5 nitrogen and oxygen atoms in total. The summed E-state index contributed by atoms with van der Waals surface area (Å²) in [6.45, 7) is 5.63. The molecule has 2 atom stereocenters. The molecule has 5 heteroatoms. The minimum absolute atomic E-state index is 0.145. The first kappa shape index (κ1) is 12.4. The highest BCUT2D eigenvalue weighted by molar-refractivity contribution is 5.80. The molecule has 2 saturated heterocycles. The number of hydrogen-bond donors (Lipinski definition) is 3. The van der Waals surface area contributed by atoms with Crippen LogP contribution in [0.2, 0.25) is 0 Å². The molecule has 2 aliphatic heterocycles. The van der Waals surface area contributed by atoms with Crippen molar-refractivity contribution in [1.29, 1.82) is 0 Å². The summed E-state index contributed by atoms with van der Waals surface area (Å²) < 4.78 is 5.61. The minimum atomic E-state index is -0.691. The highest BCUT2D eigenvalue weighted by Crippen LogP contribution is 2.52. The second-order valence-corrected chi connectivity index (χ2v) is 6.78. The van der Waals surface area contributed by atoms with Crippen molar-refractivity contribution in [2.75, 3.05) is 0 Å². The molecule has 102 valence electrons. The highest BCUT2D eigenvalue weighted by atomic mass is 16.5. The van der Waals surface area contributed by atoms with Crippen molar-refractivity contribution in [1.82, 2.24) is 10.6 Å². The first-order valence-electron chi connectivity index (χ1n) is 6.76. The topological polar surface area (TPSA) is 90.4 Å². The Labute approximate surface area is 107 Å². The van der Waals surface area contributed by atoms with E-state index in [0.29, 0.717) is 6.42 Å². The highest BCUT2D eigenvalue weighted by Gasteiger charge is 2.79. The van der Waals surface area contributed by atoms with E-state index < -0.39 is 11.0 Å². The largest absolute Gasteiger partial charge is 0.462 e. The molecule has 3 rings (SSSR count). The number of esters is 1. The summed E-state index contributed by atoms with van der Waals surface area (Å²) in [5.41, 5.74) is -1.47. The van der Waals surface area contributed by atoms with Crippen LogP contribution in [0.5, 0.6) is 0 Å². The van der Waals surface area contributed by atoms with Crippen LogP contribution in [-0.2, 0) is 9.53 Å². The van der Waals surface area contributed by atoms with E-state index in [2.05, 4.69) is 10.6 Å². The summed E-state index contributed by atoms with van der Waals surface area (Å²) in [6.07, 6.45) is 3.25.